The van der Waals surface area contributed by atoms with Crippen LogP contribution in [0.4, 0.5) is 0 Å². The number of benzene rings is 1. The van der Waals surface area contributed by atoms with Crippen molar-refractivity contribution in [1.29, 1.82) is 0 Å². The Labute approximate surface area is 145 Å². The van der Waals surface area contributed by atoms with Crippen molar-refractivity contribution < 1.29 is 4.79 Å². The fraction of sp³-hybridized carbons (Fsp3) is 0.316. The second-order valence-electron chi connectivity index (χ2n) is 6.49. The van der Waals surface area contributed by atoms with Crippen molar-refractivity contribution in [3.05, 3.63) is 63.5 Å². The smallest absolute Gasteiger partial charge is 0.256 e. The van der Waals surface area contributed by atoms with Crippen LogP contribution in [0.5, 0.6) is 0 Å². The van der Waals surface area contributed by atoms with Gasteiger partial charge in [0.25, 0.3) is 11.5 Å². The van der Waals surface area contributed by atoms with Gasteiger partial charge in [-0.2, -0.15) is 0 Å². The predicted molar refractivity (Wildman–Crippen MR) is 95.8 cm³/mol. The van der Waals surface area contributed by atoms with Gasteiger partial charge in [0.1, 0.15) is 5.82 Å². The molecular weight excluding hydrogens is 316 g/mol. The number of carbonyl (C=O) groups is 1. The summed E-state index contributed by atoms with van der Waals surface area (Å²) in [4.78, 5) is 35.0. The predicted octanol–water partition coefficient (Wildman–Crippen LogP) is 1.81. The molecule has 0 radical (unpaired) electrons. The Morgan fingerprint density at radius 2 is 1.96 bits per heavy atom. The molecule has 25 heavy (non-hydrogen) atoms. The van der Waals surface area contributed by atoms with Crippen LogP contribution in [-0.2, 0) is 19.9 Å². The Morgan fingerprint density at radius 3 is 2.80 bits per heavy atom. The SMILES string of the molecule is Cc1nc2c(c(=O)n1C)CCN(C(=O)c1c[nH]c3ccccc13)CC2. The fourth-order valence-corrected chi connectivity index (χ4v) is 3.49. The van der Waals surface area contributed by atoms with Gasteiger partial charge in [-0.15, -0.1) is 0 Å². The van der Waals surface area contributed by atoms with E-state index in [1.54, 1.807) is 17.8 Å². The van der Waals surface area contributed by atoms with Crippen molar-refractivity contribution >= 4 is 16.8 Å². The minimum atomic E-state index is -0.00111. The molecule has 3 heterocycles. The van der Waals surface area contributed by atoms with Crippen LogP contribution in [0, 0.1) is 6.92 Å². The summed E-state index contributed by atoms with van der Waals surface area (Å²) in [6.45, 7) is 2.94. The number of nitrogens with zero attached hydrogens (tertiary/aromatic N) is 3. The summed E-state index contributed by atoms with van der Waals surface area (Å²) in [6.07, 6.45) is 2.93. The summed E-state index contributed by atoms with van der Waals surface area (Å²) >= 11 is 0. The van der Waals surface area contributed by atoms with Crippen molar-refractivity contribution in [1.82, 2.24) is 19.4 Å². The van der Waals surface area contributed by atoms with Crippen LogP contribution in [0.1, 0.15) is 27.4 Å². The quantitative estimate of drug-likeness (QED) is 0.737. The highest BCUT2D eigenvalue weighted by molar-refractivity contribution is 6.06. The molecule has 1 N–H and O–H groups in total. The molecule has 4 rings (SSSR count). The summed E-state index contributed by atoms with van der Waals surface area (Å²) in [5.74, 6) is 0.707. The van der Waals surface area contributed by atoms with Gasteiger partial charge in [-0.3, -0.25) is 14.2 Å². The summed E-state index contributed by atoms with van der Waals surface area (Å²) in [5, 5.41) is 0.930. The standard InChI is InChI=1S/C19H20N4O2/c1-12-21-17-8-10-23(9-7-14(17)18(24)22(12)2)19(25)15-11-20-16-6-4-3-5-13(15)16/h3-6,11,20H,7-10H2,1-2H3. The Morgan fingerprint density at radius 1 is 1.20 bits per heavy atom. The maximum absolute atomic E-state index is 13.0. The lowest BCUT2D eigenvalue weighted by molar-refractivity contribution is 0.0765. The number of amides is 1. The average molecular weight is 336 g/mol. The Hall–Kier alpha value is -2.89. The van der Waals surface area contributed by atoms with Crippen LogP contribution >= 0.6 is 0 Å². The molecule has 0 atom stereocenters. The van der Waals surface area contributed by atoms with Crippen molar-refractivity contribution in [2.45, 2.75) is 19.8 Å². The number of rotatable bonds is 1. The lowest BCUT2D eigenvalue weighted by Crippen LogP contribution is -2.33. The first kappa shape index (κ1) is 15.6. The molecule has 2 aromatic heterocycles. The zero-order valence-electron chi connectivity index (χ0n) is 14.4. The van der Waals surface area contributed by atoms with Gasteiger partial charge < -0.3 is 9.88 Å². The Bertz CT molecular complexity index is 1030. The number of nitrogens with one attached hydrogen (secondary N) is 1. The first-order chi connectivity index (χ1) is 12.1. The van der Waals surface area contributed by atoms with Crippen LogP contribution in [0.2, 0.25) is 0 Å². The molecule has 3 aromatic rings. The van der Waals surface area contributed by atoms with Gasteiger partial charge >= 0.3 is 0 Å². The monoisotopic (exact) mass is 336 g/mol. The second kappa shape index (κ2) is 5.88. The normalized spacial score (nSPS) is 14.4. The second-order valence-corrected chi connectivity index (χ2v) is 6.49. The minimum Gasteiger partial charge on any atom is -0.360 e. The molecule has 1 aliphatic heterocycles. The molecule has 1 amide bonds. The van der Waals surface area contributed by atoms with Crippen LogP contribution < -0.4 is 5.56 Å². The zero-order chi connectivity index (χ0) is 17.6. The van der Waals surface area contributed by atoms with Crippen LogP contribution in [0.15, 0.2) is 35.3 Å². The van der Waals surface area contributed by atoms with E-state index in [0.717, 1.165) is 22.2 Å². The number of aromatic amines is 1. The van der Waals surface area contributed by atoms with Crippen LogP contribution in [0.3, 0.4) is 0 Å². The van der Waals surface area contributed by atoms with Gasteiger partial charge in [-0.1, -0.05) is 18.2 Å². The molecule has 0 spiro atoms. The first-order valence-corrected chi connectivity index (χ1v) is 8.47. The van der Waals surface area contributed by atoms with E-state index in [0.29, 0.717) is 37.3 Å². The van der Waals surface area contributed by atoms with Gasteiger partial charge in [-0.05, 0) is 19.4 Å². The van der Waals surface area contributed by atoms with Gasteiger partial charge in [-0.25, -0.2) is 4.98 Å². The first-order valence-electron chi connectivity index (χ1n) is 8.47. The van der Waals surface area contributed by atoms with Crippen molar-refractivity contribution in [3.63, 3.8) is 0 Å². The molecule has 1 aromatic carbocycles. The number of fused-ring (bicyclic) bond motifs is 2. The molecule has 6 nitrogen and oxygen atoms in total. The number of hydrogen-bond donors (Lipinski definition) is 1. The molecule has 0 aliphatic carbocycles. The molecule has 0 saturated heterocycles. The lowest BCUT2D eigenvalue weighted by Gasteiger charge is -2.19. The topological polar surface area (TPSA) is 71.0 Å². The Kier molecular flexibility index (Phi) is 3.67. The van der Waals surface area contributed by atoms with E-state index >= 15 is 0 Å². The highest BCUT2D eigenvalue weighted by Crippen LogP contribution is 2.21. The third-order valence-electron chi connectivity index (χ3n) is 5.05. The van der Waals surface area contributed by atoms with E-state index in [4.69, 9.17) is 0 Å². The zero-order valence-corrected chi connectivity index (χ0v) is 14.4. The van der Waals surface area contributed by atoms with E-state index < -0.39 is 0 Å². The largest absolute Gasteiger partial charge is 0.360 e. The summed E-state index contributed by atoms with van der Waals surface area (Å²) < 4.78 is 1.58. The molecule has 1 aliphatic rings. The van der Waals surface area contributed by atoms with Crippen LogP contribution in [-0.4, -0.2) is 38.4 Å². The number of hydrogen-bond acceptors (Lipinski definition) is 3. The summed E-state index contributed by atoms with van der Waals surface area (Å²) in [6, 6.07) is 7.79. The summed E-state index contributed by atoms with van der Waals surface area (Å²) in [7, 11) is 1.74. The van der Waals surface area contributed by atoms with Gasteiger partial charge in [0, 0.05) is 49.2 Å². The van der Waals surface area contributed by atoms with Crippen molar-refractivity contribution in [3.8, 4) is 0 Å². The minimum absolute atomic E-state index is 0.00111. The molecule has 6 heteroatoms. The third-order valence-corrected chi connectivity index (χ3v) is 5.05. The highest BCUT2D eigenvalue weighted by atomic mass is 16.2. The highest BCUT2D eigenvalue weighted by Gasteiger charge is 2.24. The molecule has 0 bridgehead atoms. The summed E-state index contributed by atoms with van der Waals surface area (Å²) in [5.41, 5.74) is 3.20. The molecular formula is C19H20N4O2. The fourth-order valence-electron chi connectivity index (χ4n) is 3.49. The number of para-hydroxylation sites is 1. The number of H-pyrrole nitrogens is 1. The van der Waals surface area contributed by atoms with Crippen molar-refractivity contribution in [2.75, 3.05) is 13.1 Å². The van der Waals surface area contributed by atoms with E-state index in [1.165, 1.54) is 0 Å². The van der Waals surface area contributed by atoms with E-state index in [2.05, 4.69) is 9.97 Å². The van der Waals surface area contributed by atoms with Crippen molar-refractivity contribution in [2.24, 2.45) is 7.05 Å². The van der Waals surface area contributed by atoms with E-state index in [9.17, 15) is 9.59 Å². The molecule has 0 unspecified atom stereocenters. The number of aromatic nitrogens is 3. The van der Waals surface area contributed by atoms with Gasteiger partial charge in [0.15, 0.2) is 0 Å². The average Bonchev–Trinajstić information content (AvgIpc) is 2.93. The van der Waals surface area contributed by atoms with Crippen LogP contribution in [0.25, 0.3) is 10.9 Å². The van der Waals surface area contributed by atoms with Gasteiger partial charge in [0.2, 0.25) is 0 Å². The molecule has 0 saturated carbocycles. The molecule has 0 fully saturated rings. The van der Waals surface area contributed by atoms with E-state index in [1.807, 2.05) is 36.1 Å². The van der Waals surface area contributed by atoms with Gasteiger partial charge in [0.05, 0.1) is 11.3 Å². The Balaban J connectivity index is 1.65. The number of aryl methyl sites for hydroxylation is 1. The molecule has 128 valence electrons. The lowest BCUT2D eigenvalue weighted by atomic mass is 10.1. The maximum Gasteiger partial charge on any atom is 0.256 e. The van der Waals surface area contributed by atoms with E-state index in [-0.39, 0.29) is 11.5 Å². The third kappa shape index (κ3) is 2.54. The maximum atomic E-state index is 13.0. The number of carbonyl (C=O) groups excluding carboxylic acids is 1.